The molecule has 39 heavy (non-hydrogen) atoms. The summed E-state index contributed by atoms with van der Waals surface area (Å²) in [5, 5.41) is 11.4. The molecule has 4 rings (SSSR count). The highest BCUT2D eigenvalue weighted by atomic mass is 35.5. The van der Waals surface area contributed by atoms with Gasteiger partial charge in [0.25, 0.3) is 5.91 Å². The number of likely N-dealkylation sites (tertiary alicyclic amines) is 1. The van der Waals surface area contributed by atoms with Crippen LogP contribution in [0.4, 0.5) is 13.2 Å². The molecule has 2 aromatic heterocycles. The number of aryl methyl sites for hydroxylation is 2. The first kappa shape index (κ1) is 28.7. The molecule has 2 N–H and O–H groups in total. The average Bonchev–Trinajstić information content (AvgIpc) is 3.39. The summed E-state index contributed by atoms with van der Waals surface area (Å²) in [5.41, 5.74) is 0.372. The number of hydrogen-bond donors (Lipinski definition) is 2. The van der Waals surface area contributed by atoms with Gasteiger partial charge >= 0.3 is 6.18 Å². The Bertz CT molecular complexity index is 1430. The van der Waals surface area contributed by atoms with Crippen LogP contribution in [0.3, 0.4) is 0 Å². The van der Waals surface area contributed by atoms with E-state index in [1.807, 2.05) is 26.8 Å². The van der Waals surface area contributed by atoms with Gasteiger partial charge in [-0.1, -0.05) is 39.0 Å². The van der Waals surface area contributed by atoms with E-state index in [9.17, 15) is 22.8 Å². The van der Waals surface area contributed by atoms with Gasteiger partial charge < -0.3 is 14.8 Å². The van der Waals surface area contributed by atoms with Crippen molar-refractivity contribution in [3.63, 3.8) is 0 Å². The highest BCUT2D eigenvalue weighted by Gasteiger charge is 2.42. The smallest absolute Gasteiger partial charge is 0.344 e. The minimum Gasteiger partial charge on any atom is -0.344 e. The van der Waals surface area contributed by atoms with Gasteiger partial charge in [0, 0.05) is 41.7 Å². The molecule has 1 aromatic carbocycles. The largest absolute Gasteiger partial charge is 0.435 e. The van der Waals surface area contributed by atoms with Gasteiger partial charge in [-0.2, -0.15) is 18.3 Å². The molecule has 0 saturated carbocycles. The lowest BCUT2D eigenvalue weighted by Crippen LogP contribution is -2.60. The van der Waals surface area contributed by atoms with Crippen LogP contribution in [0.25, 0.3) is 10.9 Å². The number of imidazole rings is 1. The van der Waals surface area contributed by atoms with E-state index in [0.29, 0.717) is 17.0 Å². The molecule has 1 fully saturated rings. The Morgan fingerprint density at radius 2 is 1.90 bits per heavy atom. The predicted molar refractivity (Wildman–Crippen MR) is 143 cm³/mol. The summed E-state index contributed by atoms with van der Waals surface area (Å²) in [6.45, 7) is 13.4. The van der Waals surface area contributed by atoms with Gasteiger partial charge in [0.15, 0.2) is 5.69 Å². The van der Waals surface area contributed by atoms with E-state index in [2.05, 4.69) is 27.1 Å². The molecule has 1 aliphatic rings. The van der Waals surface area contributed by atoms with E-state index < -0.39 is 35.6 Å². The lowest BCUT2D eigenvalue weighted by atomic mass is 9.86. The van der Waals surface area contributed by atoms with Gasteiger partial charge in [0.2, 0.25) is 5.91 Å². The third-order valence-corrected chi connectivity index (χ3v) is 7.13. The molecule has 0 atom stereocenters. The van der Waals surface area contributed by atoms with E-state index in [4.69, 9.17) is 11.6 Å². The van der Waals surface area contributed by atoms with Crippen molar-refractivity contribution >= 4 is 34.3 Å². The molecule has 3 heterocycles. The number of alkyl halides is 3. The molecule has 1 saturated heterocycles. The van der Waals surface area contributed by atoms with Crippen LogP contribution in [0.5, 0.6) is 0 Å². The lowest BCUT2D eigenvalue weighted by Gasteiger charge is -2.39. The Morgan fingerprint density at radius 3 is 2.46 bits per heavy atom. The van der Waals surface area contributed by atoms with Gasteiger partial charge in [-0.25, -0.2) is 4.98 Å². The lowest BCUT2D eigenvalue weighted by molar-refractivity contribution is -0.141. The third kappa shape index (κ3) is 5.68. The number of carbonyl (C=O) groups excluding carboxylic acids is 2. The van der Waals surface area contributed by atoms with Crippen LogP contribution >= 0.6 is 11.6 Å². The summed E-state index contributed by atoms with van der Waals surface area (Å²) in [4.78, 5) is 30.2. The number of amides is 2. The van der Waals surface area contributed by atoms with Crippen LogP contribution in [-0.4, -0.2) is 55.6 Å². The third-order valence-electron chi connectivity index (χ3n) is 6.82. The molecule has 0 unspecified atom stereocenters. The van der Waals surface area contributed by atoms with Crippen LogP contribution in [-0.2, 0) is 29.2 Å². The highest BCUT2D eigenvalue weighted by molar-refractivity contribution is 6.32. The number of nitrogens with one attached hydrogen (secondary N) is 2. The summed E-state index contributed by atoms with van der Waals surface area (Å²) >= 11 is 6.46. The number of fused-ring (bicyclic) bond motifs is 1. The van der Waals surface area contributed by atoms with Crippen LogP contribution in [0.2, 0.25) is 5.02 Å². The number of aromatic amines is 1. The number of benzene rings is 1. The predicted octanol–water partition coefficient (Wildman–Crippen LogP) is 5.22. The zero-order valence-electron chi connectivity index (χ0n) is 22.5. The van der Waals surface area contributed by atoms with Gasteiger partial charge in [-0.05, 0) is 49.5 Å². The minimum atomic E-state index is -4.83. The Hall–Kier alpha value is -3.34. The van der Waals surface area contributed by atoms with Crippen molar-refractivity contribution < 1.29 is 22.8 Å². The first-order valence-corrected chi connectivity index (χ1v) is 13.1. The van der Waals surface area contributed by atoms with E-state index in [-0.39, 0.29) is 36.7 Å². The minimum absolute atomic E-state index is 0.143. The number of carbonyl (C=O) groups is 2. The maximum atomic E-state index is 14.1. The van der Waals surface area contributed by atoms with Crippen molar-refractivity contribution in [2.24, 2.45) is 0 Å². The fraction of sp³-hybridized carbons (Fsp3) is 0.481. The molecule has 0 spiro atoms. The van der Waals surface area contributed by atoms with E-state index >= 15 is 0 Å². The van der Waals surface area contributed by atoms with Gasteiger partial charge in [-0.3, -0.25) is 14.7 Å². The average molecular weight is 565 g/mol. The summed E-state index contributed by atoms with van der Waals surface area (Å²) in [6, 6.07) is 2.82. The van der Waals surface area contributed by atoms with Gasteiger partial charge in [0.05, 0.1) is 11.6 Å². The maximum Gasteiger partial charge on any atom is 0.435 e. The molecule has 210 valence electrons. The molecule has 3 aromatic rings. The first-order valence-electron chi connectivity index (χ1n) is 12.7. The Morgan fingerprint density at radius 1 is 1.23 bits per heavy atom. The number of H-pyrrole nitrogens is 1. The molecule has 0 bridgehead atoms. The molecule has 2 amide bonds. The maximum absolute atomic E-state index is 14.1. The fourth-order valence-corrected chi connectivity index (χ4v) is 5.29. The van der Waals surface area contributed by atoms with Crippen molar-refractivity contribution in [2.75, 3.05) is 13.1 Å². The van der Waals surface area contributed by atoms with Crippen molar-refractivity contribution in [3.05, 3.63) is 58.3 Å². The molecule has 1 aliphatic heterocycles. The van der Waals surface area contributed by atoms with Crippen LogP contribution in [0.15, 0.2) is 24.8 Å². The second-order valence-corrected chi connectivity index (χ2v) is 11.5. The van der Waals surface area contributed by atoms with Gasteiger partial charge in [0.1, 0.15) is 11.5 Å². The number of aromatic nitrogens is 4. The van der Waals surface area contributed by atoms with E-state index in [0.717, 1.165) is 22.7 Å². The standard InChI is InChI=1S/C27H32ClF3N6O2/c1-7-22(38)36-12-15(13-36)32-25(39)23-24(27(29,30)31)33-21(37(23)14(2)3)9-8-19-16-10-17(26(4,5)6)18(28)11-20(16)35-34-19/h7,10-11,14-15H,1,8-9,12-13H2,2-6H3,(H,32,39)(H,34,35). The van der Waals surface area contributed by atoms with E-state index in [1.54, 1.807) is 19.9 Å². The summed E-state index contributed by atoms with van der Waals surface area (Å²) in [6.07, 6.45) is -3.21. The SMILES string of the molecule is C=CC(=O)N1CC(NC(=O)c2c(C(F)(F)F)nc(CCc3[nH]nc4cc(Cl)c(C(C)(C)C)cc34)n2C(C)C)C1. The highest BCUT2D eigenvalue weighted by Crippen LogP contribution is 2.35. The molecular formula is C27H32ClF3N6O2. The number of hydrogen-bond acceptors (Lipinski definition) is 4. The zero-order chi connectivity index (χ0) is 28.9. The normalized spacial score (nSPS) is 14.7. The monoisotopic (exact) mass is 564 g/mol. The molecule has 8 nitrogen and oxygen atoms in total. The van der Waals surface area contributed by atoms with Gasteiger partial charge in [-0.15, -0.1) is 0 Å². The van der Waals surface area contributed by atoms with Crippen molar-refractivity contribution in [3.8, 4) is 0 Å². The molecular weight excluding hydrogens is 533 g/mol. The Balaban J connectivity index is 1.64. The second-order valence-electron chi connectivity index (χ2n) is 11.1. The van der Waals surface area contributed by atoms with Crippen molar-refractivity contribution in [1.29, 1.82) is 0 Å². The number of rotatable bonds is 7. The number of halogens is 4. The molecule has 0 radical (unpaired) electrons. The first-order chi connectivity index (χ1) is 18.1. The van der Waals surface area contributed by atoms with Crippen LogP contribution < -0.4 is 5.32 Å². The molecule has 0 aliphatic carbocycles. The summed E-state index contributed by atoms with van der Waals surface area (Å²) in [7, 11) is 0. The Kier molecular flexibility index (Phi) is 7.59. The van der Waals surface area contributed by atoms with Crippen LogP contribution in [0, 0.1) is 0 Å². The Labute approximate surface area is 229 Å². The van der Waals surface area contributed by atoms with Crippen LogP contribution in [0.1, 0.15) is 73.9 Å². The van der Waals surface area contributed by atoms with Crippen molar-refractivity contribution in [1.82, 2.24) is 30.0 Å². The number of nitrogens with zero attached hydrogens (tertiary/aromatic N) is 4. The summed E-state index contributed by atoms with van der Waals surface area (Å²) < 4.78 is 43.6. The molecule has 12 heteroatoms. The topological polar surface area (TPSA) is 95.9 Å². The van der Waals surface area contributed by atoms with Crippen molar-refractivity contribution in [2.45, 2.75) is 71.1 Å². The second kappa shape index (κ2) is 10.3. The quantitative estimate of drug-likeness (QED) is 0.385. The fourth-order valence-electron chi connectivity index (χ4n) is 4.85. The zero-order valence-corrected chi connectivity index (χ0v) is 23.3. The summed E-state index contributed by atoms with van der Waals surface area (Å²) in [5.74, 6) is -1.02. The van der Waals surface area contributed by atoms with E-state index in [1.165, 1.54) is 9.47 Å².